The highest BCUT2D eigenvalue weighted by Crippen LogP contribution is 2.27. The summed E-state index contributed by atoms with van der Waals surface area (Å²) in [7, 11) is 3.03. The Balaban J connectivity index is 2.03. The maximum atomic E-state index is 12.3. The number of nitrogens with zero attached hydrogens (tertiary/aromatic N) is 1. The summed E-state index contributed by atoms with van der Waals surface area (Å²) < 4.78 is 15.8. The average Bonchev–Trinajstić information content (AvgIpc) is 2.91. The van der Waals surface area contributed by atoms with Crippen LogP contribution in [0.5, 0.6) is 11.5 Å². The second kappa shape index (κ2) is 6.78. The van der Waals surface area contributed by atoms with Crippen molar-refractivity contribution in [1.29, 1.82) is 0 Å². The van der Waals surface area contributed by atoms with E-state index in [4.69, 9.17) is 13.9 Å². The summed E-state index contributed by atoms with van der Waals surface area (Å²) in [5.41, 5.74) is 0.381. The molecule has 0 atom stereocenters. The van der Waals surface area contributed by atoms with Gasteiger partial charge in [-0.2, -0.15) is 0 Å². The Kier molecular flexibility index (Phi) is 4.81. The smallest absolute Gasteiger partial charge is 0.258 e. The average molecular weight is 290 g/mol. The van der Waals surface area contributed by atoms with Gasteiger partial charge in [-0.1, -0.05) is 6.07 Å². The van der Waals surface area contributed by atoms with E-state index in [0.29, 0.717) is 35.9 Å². The first kappa shape index (κ1) is 14.9. The number of rotatable bonds is 6. The summed E-state index contributed by atoms with van der Waals surface area (Å²) >= 11 is 0. The highest BCUT2D eigenvalue weighted by Gasteiger charge is 2.17. The van der Waals surface area contributed by atoms with E-state index < -0.39 is 0 Å². The Morgan fingerprint density at radius 2 is 1.95 bits per heavy atom. The van der Waals surface area contributed by atoms with Gasteiger partial charge in [0.15, 0.2) is 5.89 Å². The van der Waals surface area contributed by atoms with Crippen LogP contribution in [0.15, 0.2) is 28.8 Å². The minimum atomic E-state index is -0.257. The lowest BCUT2D eigenvalue weighted by Crippen LogP contribution is -2.26. The van der Waals surface area contributed by atoms with E-state index >= 15 is 0 Å². The molecule has 21 heavy (non-hydrogen) atoms. The molecule has 0 spiro atoms. The van der Waals surface area contributed by atoms with Crippen LogP contribution < -0.4 is 14.8 Å². The molecule has 1 aromatic heterocycles. The molecule has 0 unspecified atom stereocenters. The standard InChI is InChI=1S/C15H18N2O4/c1-10-9-17-13(21-10)7-8-16-15(18)14-11(19-2)5-4-6-12(14)20-3/h4-6,9H,7-8H2,1-3H3,(H,16,18). The van der Waals surface area contributed by atoms with Gasteiger partial charge in [-0.05, 0) is 19.1 Å². The van der Waals surface area contributed by atoms with Gasteiger partial charge in [0.1, 0.15) is 22.8 Å². The van der Waals surface area contributed by atoms with Crippen molar-refractivity contribution >= 4 is 5.91 Å². The molecule has 0 aliphatic carbocycles. The van der Waals surface area contributed by atoms with Gasteiger partial charge in [0, 0.05) is 13.0 Å². The maximum absolute atomic E-state index is 12.3. The Labute approximate surface area is 123 Å². The zero-order valence-corrected chi connectivity index (χ0v) is 12.3. The molecule has 1 amide bonds. The first-order chi connectivity index (χ1) is 10.2. The molecule has 0 saturated carbocycles. The fraction of sp³-hybridized carbons (Fsp3) is 0.333. The molecule has 2 aromatic rings. The van der Waals surface area contributed by atoms with E-state index in [1.54, 1.807) is 24.4 Å². The molecule has 1 aromatic carbocycles. The highest BCUT2D eigenvalue weighted by molar-refractivity contribution is 5.99. The first-order valence-electron chi connectivity index (χ1n) is 6.56. The molecular weight excluding hydrogens is 272 g/mol. The second-order valence-electron chi connectivity index (χ2n) is 4.41. The lowest BCUT2D eigenvalue weighted by molar-refractivity contribution is 0.0947. The SMILES string of the molecule is COc1cccc(OC)c1C(=O)NCCc1ncc(C)o1. The lowest BCUT2D eigenvalue weighted by atomic mass is 10.1. The summed E-state index contributed by atoms with van der Waals surface area (Å²) in [5, 5.41) is 2.81. The number of hydrogen-bond donors (Lipinski definition) is 1. The number of oxazole rings is 1. The second-order valence-corrected chi connectivity index (χ2v) is 4.41. The van der Waals surface area contributed by atoms with Crippen LogP contribution in [0.1, 0.15) is 22.0 Å². The van der Waals surface area contributed by atoms with Gasteiger partial charge in [0.05, 0.1) is 20.4 Å². The minimum absolute atomic E-state index is 0.257. The third-order valence-corrected chi connectivity index (χ3v) is 2.95. The van der Waals surface area contributed by atoms with Gasteiger partial charge in [0.2, 0.25) is 0 Å². The molecule has 112 valence electrons. The zero-order valence-electron chi connectivity index (χ0n) is 12.3. The summed E-state index contributed by atoms with van der Waals surface area (Å²) in [4.78, 5) is 16.4. The lowest BCUT2D eigenvalue weighted by Gasteiger charge is -2.12. The molecule has 6 nitrogen and oxygen atoms in total. The van der Waals surface area contributed by atoms with E-state index in [-0.39, 0.29) is 5.91 Å². The molecule has 0 bridgehead atoms. The van der Waals surface area contributed by atoms with E-state index in [1.807, 2.05) is 6.92 Å². The van der Waals surface area contributed by atoms with Crippen LogP contribution in [0.4, 0.5) is 0 Å². The molecule has 6 heteroatoms. The third-order valence-electron chi connectivity index (χ3n) is 2.95. The number of carbonyl (C=O) groups is 1. The van der Waals surface area contributed by atoms with Gasteiger partial charge >= 0.3 is 0 Å². The van der Waals surface area contributed by atoms with Crippen molar-refractivity contribution in [3.05, 3.63) is 41.6 Å². The van der Waals surface area contributed by atoms with E-state index in [1.165, 1.54) is 14.2 Å². The predicted octanol–water partition coefficient (Wildman–Crippen LogP) is 1.97. The Morgan fingerprint density at radius 1 is 1.29 bits per heavy atom. The van der Waals surface area contributed by atoms with Crippen molar-refractivity contribution in [2.24, 2.45) is 0 Å². The Hall–Kier alpha value is -2.50. The molecule has 1 N–H and O–H groups in total. The van der Waals surface area contributed by atoms with E-state index in [0.717, 1.165) is 5.76 Å². The largest absolute Gasteiger partial charge is 0.496 e. The van der Waals surface area contributed by atoms with E-state index in [9.17, 15) is 4.79 Å². The van der Waals surface area contributed by atoms with Crippen molar-refractivity contribution in [3.63, 3.8) is 0 Å². The van der Waals surface area contributed by atoms with E-state index in [2.05, 4.69) is 10.3 Å². The molecule has 0 aliphatic rings. The molecule has 0 saturated heterocycles. The van der Waals surface area contributed by atoms with Crippen molar-refractivity contribution in [3.8, 4) is 11.5 Å². The van der Waals surface area contributed by atoms with Crippen molar-refractivity contribution < 1.29 is 18.7 Å². The topological polar surface area (TPSA) is 73.6 Å². The van der Waals surface area contributed by atoms with Crippen LogP contribution >= 0.6 is 0 Å². The third kappa shape index (κ3) is 3.53. The van der Waals surface area contributed by atoms with Crippen LogP contribution in [0, 0.1) is 6.92 Å². The monoisotopic (exact) mass is 290 g/mol. The van der Waals surface area contributed by atoms with Crippen LogP contribution in [0.3, 0.4) is 0 Å². The van der Waals surface area contributed by atoms with Crippen LogP contribution in [-0.4, -0.2) is 31.7 Å². The van der Waals surface area contributed by atoms with Gasteiger partial charge in [0.25, 0.3) is 5.91 Å². The molecular formula is C15H18N2O4. The molecule has 1 heterocycles. The quantitative estimate of drug-likeness (QED) is 0.880. The number of benzene rings is 1. The van der Waals surface area contributed by atoms with Gasteiger partial charge in [-0.25, -0.2) is 4.98 Å². The Morgan fingerprint density at radius 3 is 2.48 bits per heavy atom. The molecule has 2 rings (SSSR count). The minimum Gasteiger partial charge on any atom is -0.496 e. The fourth-order valence-corrected chi connectivity index (χ4v) is 1.96. The van der Waals surface area contributed by atoms with Gasteiger partial charge in [-0.3, -0.25) is 4.79 Å². The van der Waals surface area contributed by atoms with Crippen molar-refractivity contribution in [2.45, 2.75) is 13.3 Å². The number of aryl methyl sites for hydroxylation is 1. The Bertz CT molecular complexity index is 600. The number of methoxy groups -OCH3 is 2. The number of amides is 1. The first-order valence-corrected chi connectivity index (χ1v) is 6.56. The van der Waals surface area contributed by atoms with Crippen LogP contribution in [-0.2, 0) is 6.42 Å². The predicted molar refractivity (Wildman–Crippen MR) is 76.8 cm³/mol. The summed E-state index contributed by atoms with van der Waals surface area (Å²) in [6.45, 7) is 2.24. The zero-order chi connectivity index (χ0) is 15.2. The molecule has 0 radical (unpaired) electrons. The number of aromatic nitrogens is 1. The van der Waals surface area contributed by atoms with Crippen molar-refractivity contribution in [1.82, 2.24) is 10.3 Å². The molecule has 0 aliphatic heterocycles. The fourth-order valence-electron chi connectivity index (χ4n) is 1.96. The maximum Gasteiger partial charge on any atom is 0.258 e. The summed E-state index contributed by atoms with van der Waals surface area (Å²) in [5.74, 6) is 2.03. The molecule has 0 fully saturated rings. The normalized spacial score (nSPS) is 10.2. The number of carbonyl (C=O) groups excluding carboxylic acids is 1. The van der Waals surface area contributed by atoms with Gasteiger partial charge in [-0.15, -0.1) is 0 Å². The van der Waals surface area contributed by atoms with Gasteiger partial charge < -0.3 is 19.2 Å². The van der Waals surface area contributed by atoms with Crippen LogP contribution in [0.25, 0.3) is 0 Å². The number of nitrogens with one attached hydrogen (secondary N) is 1. The van der Waals surface area contributed by atoms with Crippen LogP contribution in [0.2, 0.25) is 0 Å². The van der Waals surface area contributed by atoms with Crippen molar-refractivity contribution in [2.75, 3.05) is 20.8 Å². The number of hydrogen-bond acceptors (Lipinski definition) is 5. The summed E-state index contributed by atoms with van der Waals surface area (Å²) in [6, 6.07) is 5.20. The number of ether oxygens (including phenoxy) is 2. The summed E-state index contributed by atoms with van der Waals surface area (Å²) in [6.07, 6.45) is 2.18. The highest BCUT2D eigenvalue weighted by atomic mass is 16.5.